The maximum Gasteiger partial charge on any atom is 0.389 e. The molecule has 1 unspecified atom stereocenters. The highest BCUT2D eigenvalue weighted by Gasteiger charge is 2.31. The molecule has 0 aromatic heterocycles. The van der Waals surface area contributed by atoms with Crippen LogP contribution >= 0.6 is 0 Å². The van der Waals surface area contributed by atoms with E-state index in [9.17, 15) is 21.6 Å². The molecule has 1 atom stereocenters. The molecule has 0 saturated heterocycles. The zero-order valence-corrected chi connectivity index (χ0v) is 8.61. The Bertz CT molecular complexity index is 353. The third-order valence-electron chi connectivity index (χ3n) is 1.70. The Morgan fingerprint density at radius 1 is 1.47 bits per heavy atom. The van der Waals surface area contributed by atoms with Crippen LogP contribution in [0.4, 0.5) is 13.2 Å². The van der Waals surface area contributed by atoms with E-state index < -0.39 is 39.9 Å². The van der Waals surface area contributed by atoms with E-state index in [0.717, 1.165) is 6.08 Å². The van der Waals surface area contributed by atoms with Gasteiger partial charge >= 0.3 is 6.18 Å². The van der Waals surface area contributed by atoms with Gasteiger partial charge in [-0.05, 0) is 6.42 Å². The average Bonchev–Trinajstić information content (AvgIpc) is 2.02. The molecule has 0 radical (unpaired) electrons. The van der Waals surface area contributed by atoms with E-state index in [1.54, 1.807) is 0 Å². The minimum absolute atomic E-state index is 0.586. The standard InChI is InChI=1S/C8H10F3NO2S/c1-2-7(3-4-8(9,10)11)15(13,14)6-5-12/h2,7H,1,3-4,6H2. The molecule has 0 saturated carbocycles. The van der Waals surface area contributed by atoms with E-state index in [2.05, 4.69) is 6.58 Å². The van der Waals surface area contributed by atoms with Gasteiger partial charge in [-0.2, -0.15) is 18.4 Å². The maximum absolute atomic E-state index is 11.8. The van der Waals surface area contributed by atoms with Gasteiger partial charge in [0.1, 0.15) is 5.75 Å². The van der Waals surface area contributed by atoms with Crippen LogP contribution in [0.2, 0.25) is 0 Å². The number of halogens is 3. The van der Waals surface area contributed by atoms with Crippen LogP contribution in [0.5, 0.6) is 0 Å². The highest BCUT2D eigenvalue weighted by atomic mass is 32.2. The summed E-state index contributed by atoms with van der Waals surface area (Å²) in [4.78, 5) is 0. The van der Waals surface area contributed by atoms with Crippen molar-refractivity contribution in [2.45, 2.75) is 24.3 Å². The summed E-state index contributed by atoms with van der Waals surface area (Å²) in [5.41, 5.74) is 0. The van der Waals surface area contributed by atoms with Gasteiger partial charge in [0.2, 0.25) is 0 Å². The fraction of sp³-hybridized carbons (Fsp3) is 0.625. The molecule has 0 aliphatic heterocycles. The van der Waals surface area contributed by atoms with Gasteiger partial charge in [-0.3, -0.25) is 0 Å². The molecule has 0 aliphatic carbocycles. The fourth-order valence-corrected chi connectivity index (χ4v) is 2.11. The molecule has 0 fully saturated rings. The smallest absolute Gasteiger partial charge is 0.227 e. The van der Waals surface area contributed by atoms with Gasteiger partial charge in [0.15, 0.2) is 9.84 Å². The summed E-state index contributed by atoms with van der Waals surface area (Å²) in [6, 6.07) is 1.40. The summed E-state index contributed by atoms with van der Waals surface area (Å²) in [7, 11) is -3.82. The molecule has 0 spiro atoms. The topological polar surface area (TPSA) is 57.9 Å². The van der Waals surface area contributed by atoms with Crippen LogP contribution in [0.1, 0.15) is 12.8 Å². The third kappa shape index (κ3) is 5.42. The second kappa shape index (κ2) is 5.16. The molecule has 0 N–H and O–H groups in total. The van der Waals surface area contributed by atoms with E-state index in [4.69, 9.17) is 5.26 Å². The molecular formula is C8H10F3NO2S. The summed E-state index contributed by atoms with van der Waals surface area (Å²) < 4.78 is 57.9. The largest absolute Gasteiger partial charge is 0.389 e. The van der Waals surface area contributed by atoms with E-state index in [1.807, 2.05) is 0 Å². The van der Waals surface area contributed by atoms with Crippen molar-refractivity contribution in [3.8, 4) is 6.07 Å². The Kier molecular flexibility index (Phi) is 4.81. The second-order valence-electron chi connectivity index (χ2n) is 2.89. The lowest BCUT2D eigenvalue weighted by Crippen LogP contribution is -2.23. The van der Waals surface area contributed by atoms with E-state index >= 15 is 0 Å². The second-order valence-corrected chi connectivity index (χ2v) is 5.11. The Morgan fingerprint density at radius 3 is 2.33 bits per heavy atom. The predicted molar refractivity (Wildman–Crippen MR) is 48.7 cm³/mol. The Morgan fingerprint density at radius 2 is 2.00 bits per heavy atom. The lowest BCUT2D eigenvalue weighted by Gasteiger charge is -2.12. The van der Waals surface area contributed by atoms with Crippen LogP contribution in [-0.4, -0.2) is 25.6 Å². The van der Waals surface area contributed by atoms with Crippen molar-refractivity contribution >= 4 is 9.84 Å². The molecule has 0 bridgehead atoms. The monoisotopic (exact) mass is 241 g/mol. The van der Waals surface area contributed by atoms with Crippen LogP contribution in [0.15, 0.2) is 12.7 Å². The summed E-state index contributed by atoms with van der Waals surface area (Å²) in [6.07, 6.45) is -5.26. The molecule has 0 rings (SSSR count). The van der Waals surface area contributed by atoms with E-state index in [1.165, 1.54) is 6.07 Å². The predicted octanol–water partition coefficient (Wildman–Crippen LogP) is 1.82. The highest BCUT2D eigenvalue weighted by Crippen LogP contribution is 2.24. The van der Waals surface area contributed by atoms with Crippen LogP contribution in [0.25, 0.3) is 0 Å². The van der Waals surface area contributed by atoms with E-state index in [0.29, 0.717) is 0 Å². The van der Waals surface area contributed by atoms with Gasteiger partial charge in [0.25, 0.3) is 0 Å². The molecule has 0 amide bonds. The van der Waals surface area contributed by atoms with Gasteiger partial charge in [0.05, 0.1) is 11.3 Å². The van der Waals surface area contributed by atoms with Crippen LogP contribution in [0.3, 0.4) is 0 Å². The number of alkyl halides is 3. The lowest BCUT2D eigenvalue weighted by atomic mass is 10.2. The Balaban J connectivity index is 4.53. The maximum atomic E-state index is 11.8. The van der Waals surface area contributed by atoms with Gasteiger partial charge < -0.3 is 0 Å². The van der Waals surface area contributed by atoms with Crippen molar-refractivity contribution in [3.63, 3.8) is 0 Å². The number of hydrogen-bond donors (Lipinski definition) is 0. The zero-order chi connectivity index (χ0) is 12.1. The summed E-state index contributed by atoms with van der Waals surface area (Å²) in [5.74, 6) is -0.790. The minimum atomic E-state index is -4.40. The van der Waals surface area contributed by atoms with Crippen molar-refractivity contribution in [1.29, 1.82) is 5.26 Å². The summed E-state index contributed by atoms with van der Waals surface area (Å²) >= 11 is 0. The molecule has 86 valence electrons. The Hall–Kier alpha value is -1.03. The molecule has 0 heterocycles. The van der Waals surface area contributed by atoms with Gasteiger partial charge in [-0.15, -0.1) is 6.58 Å². The molecule has 0 aliphatic rings. The normalized spacial score (nSPS) is 14.3. The van der Waals surface area contributed by atoms with Gasteiger partial charge in [-0.1, -0.05) is 6.08 Å². The Labute approximate surface area is 86.1 Å². The lowest BCUT2D eigenvalue weighted by molar-refractivity contribution is -0.135. The summed E-state index contributed by atoms with van der Waals surface area (Å²) in [5, 5.41) is 6.88. The number of nitriles is 1. The first-order valence-corrected chi connectivity index (χ1v) is 5.72. The van der Waals surface area contributed by atoms with Crippen molar-refractivity contribution in [2.24, 2.45) is 0 Å². The van der Waals surface area contributed by atoms with Crippen LogP contribution in [0, 0.1) is 11.3 Å². The number of sulfone groups is 1. The SMILES string of the molecule is C=CC(CCC(F)(F)F)S(=O)(=O)CC#N. The molecular weight excluding hydrogens is 231 g/mol. The van der Waals surface area contributed by atoms with Crippen molar-refractivity contribution in [2.75, 3.05) is 5.75 Å². The highest BCUT2D eigenvalue weighted by molar-refractivity contribution is 7.92. The molecule has 3 nitrogen and oxygen atoms in total. The number of nitrogens with zero attached hydrogens (tertiary/aromatic N) is 1. The summed E-state index contributed by atoms with van der Waals surface area (Å²) in [6.45, 7) is 3.15. The van der Waals surface area contributed by atoms with E-state index in [-0.39, 0.29) is 0 Å². The van der Waals surface area contributed by atoms with Crippen molar-refractivity contribution in [3.05, 3.63) is 12.7 Å². The first-order valence-electron chi connectivity index (χ1n) is 4.01. The van der Waals surface area contributed by atoms with Gasteiger partial charge in [0, 0.05) is 6.42 Å². The van der Waals surface area contributed by atoms with Crippen LogP contribution < -0.4 is 0 Å². The quantitative estimate of drug-likeness (QED) is 0.690. The molecule has 15 heavy (non-hydrogen) atoms. The third-order valence-corrected chi connectivity index (χ3v) is 3.58. The minimum Gasteiger partial charge on any atom is -0.227 e. The fourth-order valence-electron chi connectivity index (χ4n) is 0.947. The van der Waals surface area contributed by atoms with Crippen LogP contribution in [-0.2, 0) is 9.84 Å². The number of rotatable bonds is 5. The zero-order valence-electron chi connectivity index (χ0n) is 7.79. The first-order chi connectivity index (χ1) is 6.73. The first kappa shape index (κ1) is 14.0. The van der Waals surface area contributed by atoms with Crippen molar-refractivity contribution in [1.82, 2.24) is 0 Å². The van der Waals surface area contributed by atoms with Gasteiger partial charge in [-0.25, -0.2) is 8.42 Å². The number of hydrogen-bond acceptors (Lipinski definition) is 3. The molecule has 0 aromatic rings. The molecule has 0 aromatic carbocycles. The van der Waals surface area contributed by atoms with Crippen molar-refractivity contribution < 1.29 is 21.6 Å². The average molecular weight is 241 g/mol. The molecule has 7 heteroatoms.